The van der Waals surface area contributed by atoms with E-state index in [1.54, 1.807) is 36.4 Å². The van der Waals surface area contributed by atoms with Crippen LogP contribution in [-0.4, -0.2) is 16.8 Å². The van der Waals surface area contributed by atoms with Crippen molar-refractivity contribution in [1.29, 1.82) is 0 Å². The monoisotopic (exact) mass is 481 g/mol. The van der Waals surface area contributed by atoms with E-state index in [9.17, 15) is 19.1 Å². The van der Waals surface area contributed by atoms with E-state index in [4.69, 9.17) is 8.83 Å². The largest absolute Gasteiger partial charge is 0.503 e. The Bertz CT molecular complexity index is 1350. The van der Waals surface area contributed by atoms with Gasteiger partial charge < -0.3 is 13.9 Å². The molecule has 31 heavy (non-hydrogen) atoms. The van der Waals surface area contributed by atoms with Crippen LogP contribution in [0.5, 0.6) is 0 Å². The van der Waals surface area contributed by atoms with Crippen molar-refractivity contribution in [2.24, 2.45) is 0 Å². The number of amides is 1. The molecule has 0 spiro atoms. The molecular formula is C23H13BrFNO5. The van der Waals surface area contributed by atoms with E-state index >= 15 is 0 Å². The van der Waals surface area contributed by atoms with Gasteiger partial charge >= 0.3 is 0 Å². The smallest absolute Gasteiger partial charge is 0.294 e. The Kier molecular flexibility index (Phi) is 4.51. The summed E-state index contributed by atoms with van der Waals surface area (Å²) in [5, 5.41) is 11.4. The number of aliphatic hydroxyl groups excluding tert-OH is 1. The molecule has 2 aromatic carbocycles. The molecule has 0 saturated carbocycles. The number of furan rings is 2. The van der Waals surface area contributed by atoms with Gasteiger partial charge in [0.05, 0.1) is 11.8 Å². The van der Waals surface area contributed by atoms with Crippen LogP contribution in [-0.2, 0) is 4.79 Å². The van der Waals surface area contributed by atoms with Crippen LogP contribution >= 0.6 is 15.9 Å². The first-order valence-corrected chi connectivity index (χ1v) is 10.0. The molecular weight excluding hydrogens is 469 g/mol. The molecule has 0 aliphatic carbocycles. The number of ketones is 1. The van der Waals surface area contributed by atoms with E-state index in [1.165, 1.54) is 35.4 Å². The molecule has 8 heteroatoms. The van der Waals surface area contributed by atoms with Crippen molar-refractivity contribution >= 4 is 44.3 Å². The highest BCUT2D eigenvalue weighted by atomic mass is 79.9. The number of fused-ring (bicyclic) bond motifs is 1. The van der Waals surface area contributed by atoms with Gasteiger partial charge in [-0.1, -0.05) is 15.9 Å². The number of benzene rings is 2. The normalized spacial score (nSPS) is 16.5. The first kappa shape index (κ1) is 19.3. The number of rotatable bonds is 4. The number of nitrogens with zero attached hydrogens (tertiary/aromatic N) is 1. The van der Waals surface area contributed by atoms with Crippen LogP contribution in [0.3, 0.4) is 0 Å². The molecule has 0 radical (unpaired) electrons. The first-order chi connectivity index (χ1) is 14.9. The van der Waals surface area contributed by atoms with Crippen LogP contribution in [0.4, 0.5) is 10.1 Å². The van der Waals surface area contributed by atoms with Crippen LogP contribution in [0.25, 0.3) is 11.0 Å². The minimum absolute atomic E-state index is 0.0278. The molecule has 1 unspecified atom stereocenters. The van der Waals surface area contributed by atoms with E-state index in [0.29, 0.717) is 16.7 Å². The molecule has 2 aromatic heterocycles. The van der Waals surface area contributed by atoms with E-state index in [2.05, 4.69) is 15.9 Å². The summed E-state index contributed by atoms with van der Waals surface area (Å²) in [6.45, 7) is 0. The summed E-state index contributed by atoms with van der Waals surface area (Å²) in [4.78, 5) is 27.5. The van der Waals surface area contributed by atoms with Crippen molar-refractivity contribution in [2.45, 2.75) is 6.04 Å². The van der Waals surface area contributed by atoms with Gasteiger partial charge in [-0.3, -0.25) is 14.5 Å². The van der Waals surface area contributed by atoms with Crippen molar-refractivity contribution in [3.8, 4) is 0 Å². The summed E-state index contributed by atoms with van der Waals surface area (Å²) in [5.74, 6) is -2.40. The molecule has 5 rings (SSSR count). The minimum atomic E-state index is -1.04. The number of carbonyl (C=O) groups excluding carboxylic acids is 2. The number of carbonyl (C=O) groups is 2. The molecule has 1 atom stereocenters. The summed E-state index contributed by atoms with van der Waals surface area (Å²) >= 11 is 3.37. The van der Waals surface area contributed by atoms with E-state index in [1.807, 2.05) is 0 Å². The Morgan fingerprint density at radius 2 is 1.87 bits per heavy atom. The summed E-state index contributed by atoms with van der Waals surface area (Å²) < 4.78 is 25.4. The Labute approximate surface area is 183 Å². The third-order valence-corrected chi connectivity index (χ3v) is 5.57. The Morgan fingerprint density at radius 3 is 2.58 bits per heavy atom. The fourth-order valence-electron chi connectivity index (χ4n) is 3.68. The predicted octanol–water partition coefficient (Wildman–Crippen LogP) is 5.71. The molecule has 154 valence electrons. The highest BCUT2D eigenvalue weighted by Gasteiger charge is 2.46. The lowest BCUT2D eigenvalue weighted by Gasteiger charge is -2.24. The molecule has 1 N–H and O–H groups in total. The van der Waals surface area contributed by atoms with Gasteiger partial charge in [0.25, 0.3) is 5.91 Å². The van der Waals surface area contributed by atoms with Gasteiger partial charge in [-0.25, -0.2) is 4.39 Å². The number of aliphatic hydroxyl groups is 1. The molecule has 0 fully saturated rings. The van der Waals surface area contributed by atoms with Crippen LogP contribution in [0.1, 0.15) is 22.4 Å². The van der Waals surface area contributed by atoms with Crippen LogP contribution in [0.2, 0.25) is 0 Å². The van der Waals surface area contributed by atoms with Gasteiger partial charge in [0.2, 0.25) is 5.78 Å². The molecule has 6 nitrogen and oxygen atoms in total. The van der Waals surface area contributed by atoms with Crippen molar-refractivity contribution < 1.29 is 27.9 Å². The molecule has 4 aromatic rings. The fourth-order valence-corrected chi connectivity index (χ4v) is 4.06. The Balaban J connectivity index is 1.63. The van der Waals surface area contributed by atoms with Gasteiger partial charge in [0, 0.05) is 15.5 Å². The third kappa shape index (κ3) is 3.16. The molecule has 0 bridgehead atoms. The lowest BCUT2D eigenvalue weighted by atomic mass is 9.99. The molecule has 1 amide bonds. The van der Waals surface area contributed by atoms with Crippen LogP contribution < -0.4 is 4.90 Å². The zero-order valence-corrected chi connectivity index (χ0v) is 17.3. The Morgan fingerprint density at radius 1 is 1.10 bits per heavy atom. The molecule has 0 saturated heterocycles. The van der Waals surface area contributed by atoms with Crippen molar-refractivity contribution in [3.05, 3.63) is 100 Å². The number of Topliss-reactive ketones (excluding diaryl/α,β-unsaturated/α-hetero) is 1. The summed E-state index contributed by atoms with van der Waals surface area (Å²) in [6, 6.07) is 14.1. The predicted molar refractivity (Wildman–Crippen MR) is 113 cm³/mol. The average molecular weight is 482 g/mol. The number of hydrogen-bond donors (Lipinski definition) is 1. The van der Waals surface area contributed by atoms with Crippen molar-refractivity contribution in [2.75, 3.05) is 4.90 Å². The lowest BCUT2D eigenvalue weighted by molar-refractivity contribution is -0.117. The summed E-state index contributed by atoms with van der Waals surface area (Å²) in [5.41, 5.74) is 0.610. The maximum absolute atomic E-state index is 13.4. The van der Waals surface area contributed by atoms with Gasteiger partial charge in [-0.05, 0) is 60.7 Å². The second-order valence-electron chi connectivity index (χ2n) is 6.95. The van der Waals surface area contributed by atoms with E-state index < -0.39 is 29.3 Å². The summed E-state index contributed by atoms with van der Waals surface area (Å²) in [7, 11) is 0. The quantitative estimate of drug-likeness (QED) is 0.377. The number of hydrogen-bond acceptors (Lipinski definition) is 5. The zero-order chi connectivity index (χ0) is 21.7. The highest BCUT2D eigenvalue weighted by molar-refractivity contribution is 9.10. The standard InChI is InChI=1S/C23H13BrFNO5/c24-13-3-8-16-12(10-13)11-18(31-16)21(27)19-20(17-2-1-9-30-17)26(23(29)22(19)28)15-6-4-14(25)5-7-15/h1-11,20,28H. The second kappa shape index (κ2) is 7.24. The average Bonchev–Trinajstić information content (AvgIpc) is 3.47. The molecule has 3 heterocycles. The fraction of sp³-hybridized carbons (Fsp3) is 0.0435. The highest BCUT2D eigenvalue weighted by Crippen LogP contribution is 2.42. The van der Waals surface area contributed by atoms with Crippen molar-refractivity contribution in [1.82, 2.24) is 0 Å². The van der Waals surface area contributed by atoms with Crippen LogP contribution in [0.15, 0.2) is 91.6 Å². The van der Waals surface area contributed by atoms with E-state index in [-0.39, 0.29) is 17.1 Å². The topological polar surface area (TPSA) is 83.9 Å². The van der Waals surface area contributed by atoms with E-state index in [0.717, 1.165) is 4.47 Å². The van der Waals surface area contributed by atoms with Crippen LogP contribution in [0, 0.1) is 5.82 Å². The van der Waals surface area contributed by atoms with Gasteiger partial charge in [0.1, 0.15) is 23.2 Å². The molecule has 1 aliphatic rings. The lowest BCUT2D eigenvalue weighted by Crippen LogP contribution is -2.30. The number of halogens is 2. The second-order valence-corrected chi connectivity index (χ2v) is 7.87. The van der Waals surface area contributed by atoms with Gasteiger partial charge in [-0.15, -0.1) is 0 Å². The minimum Gasteiger partial charge on any atom is -0.503 e. The van der Waals surface area contributed by atoms with Gasteiger partial charge in [0.15, 0.2) is 11.5 Å². The third-order valence-electron chi connectivity index (χ3n) is 5.07. The zero-order valence-electron chi connectivity index (χ0n) is 15.7. The Hall–Kier alpha value is -3.65. The maximum Gasteiger partial charge on any atom is 0.294 e. The number of anilines is 1. The SMILES string of the molecule is O=C(C1=C(O)C(=O)N(c2ccc(F)cc2)C1c1ccco1)c1cc2cc(Br)ccc2o1. The van der Waals surface area contributed by atoms with Gasteiger partial charge in [-0.2, -0.15) is 0 Å². The van der Waals surface area contributed by atoms with Crippen molar-refractivity contribution in [3.63, 3.8) is 0 Å². The molecule has 1 aliphatic heterocycles. The summed E-state index contributed by atoms with van der Waals surface area (Å²) in [6.07, 6.45) is 1.40. The first-order valence-electron chi connectivity index (χ1n) is 9.23. The maximum atomic E-state index is 13.4.